The van der Waals surface area contributed by atoms with Crippen LogP contribution in [-0.4, -0.2) is 139 Å². The van der Waals surface area contributed by atoms with Gasteiger partial charge in [0, 0.05) is 71.0 Å². The van der Waals surface area contributed by atoms with Crippen LogP contribution in [0.2, 0.25) is 0 Å². The van der Waals surface area contributed by atoms with E-state index in [9.17, 15) is 47.6 Å². The number of nitrogens with zero attached hydrogens (tertiary/aromatic N) is 5. The van der Waals surface area contributed by atoms with Crippen LogP contribution in [0.15, 0.2) is 65.8 Å². The highest BCUT2D eigenvalue weighted by Crippen LogP contribution is 2.31. The highest BCUT2D eigenvalue weighted by atomic mass is 19.3. The lowest BCUT2D eigenvalue weighted by molar-refractivity contribution is -0.132. The Balaban J connectivity index is 1.40. The second kappa shape index (κ2) is 24.2. The zero-order valence-electron chi connectivity index (χ0n) is 38.1. The van der Waals surface area contributed by atoms with E-state index in [1.807, 2.05) is 0 Å². The highest BCUT2D eigenvalue weighted by molar-refractivity contribution is 6.11. The zero-order chi connectivity index (χ0) is 49.3. The number of anilines is 1. The fourth-order valence-electron chi connectivity index (χ4n) is 6.75. The number of carbonyl (C=O) groups excluding carboxylic acids is 7. The van der Waals surface area contributed by atoms with Gasteiger partial charge < -0.3 is 52.2 Å². The number of pyridine rings is 1. The molecule has 0 spiro atoms. The average molecular weight is 933 g/mol. The van der Waals surface area contributed by atoms with E-state index in [1.54, 1.807) is 88.3 Å². The molecule has 0 unspecified atom stereocenters. The number of aromatic nitrogens is 1. The normalized spacial score (nSPS) is 15.3. The minimum atomic E-state index is -3.22. The minimum Gasteiger partial charge on any atom is -0.444 e. The minimum absolute atomic E-state index is 0.0258. The summed E-state index contributed by atoms with van der Waals surface area (Å²) in [6.07, 6.45) is -0.336. The molecule has 1 aromatic heterocycles. The van der Waals surface area contributed by atoms with E-state index in [4.69, 9.17) is 10.5 Å². The smallest absolute Gasteiger partial charge is 0.407 e. The number of halogens is 2. The van der Waals surface area contributed by atoms with E-state index in [1.165, 1.54) is 18.3 Å². The van der Waals surface area contributed by atoms with E-state index < -0.39 is 90.7 Å². The van der Waals surface area contributed by atoms with Crippen molar-refractivity contribution >= 4 is 64.1 Å². The number of nitrogens with two attached hydrogens (primary N) is 1. The fraction of sp³-hybridized carbons (Fsp3) is 0.467. The number of nitrogens with one attached hydrogen (secondary N) is 6. The lowest BCUT2D eigenvalue weighted by Crippen LogP contribution is -2.55. The molecule has 1 fully saturated rings. The SMILES string of the molecule is CN(C)C(N)=NCCC[C@H](NC(=O)CCC(=O)Nc1cccc2c(C(=O)NCC(=O)N3CC(F)(F)C[C@H]3C#N)ccnc12)C(=O)N[C@@H](Cc1ccccc1)C(=O)NCCNC(=O)OC(C)(C)C. The molecular formula is C45H58F2N12O8. The van der Waals surface area contributed by atoms with E-state index >= 15 is 0 Å². The molecule has 1 aliphatic rings. The summed E-state index contributed by atoms with van der Waals surface area (Å²) >= 11 is 0. The molecule has 2 heterocycles. The van der Waals surface area contributed by atoms with Crippen molar-refractivity contribution < 1.29 is 47.1 Å². The molecule has 20 nitrogen and oxygen atoms in total. The number of hydrogen-bond acceptors (Lipinski definition) is 11. The molecule has 0 radical (unpaired) electrons. The number of benzene rings is 2. The molecule has 8 N–H and O–H groups in total. The Kier molecular flexibility index (Phi) is 18.8. The second-order valence-corrected chi connectivity index (χ2v) is 16.9. The van der Waals surface area contributed by atoms with Crippen LogP contribution in [0.4, 0.5) is 19.3 Å². The number of alkyl halides is 2. The van der Waals surface area contributed by atoms with Gasteiger partial charge in [0.25, 0.3) is 11.8 Å². The molecule has 3 atom stereocenters. The van der Waals surface area contributed by atoms with Gasteiger partial charge in [-0.15, -0.1) is 0 Å². The van der Waals surface area contributed by atoms with Crippen molar-refractivity contribution in [1.82, 2.24) is 41.4 Å². The van der Waals surface area contributed by atoms with Gasteiger partial charge in [0.15, 0.2) is 5.96 Å². The Morgan fingerprint density at radius 2 is 1.64 bits per heavy atom. The van der Waals surface area contributed by atoms with Crippen molar-refractivity contribution in [2.45, 2.75) is 88.9 Å². The number of fused-ring (bicyclic) bond motifs is 1. The van der Waals surface area contributed by atoms with Crippen molar-refractivity contribution in [3.63, 3.8) is 0 Å². The molecular weight excluding hydrogens is 875 g/mol. The maximum atomic E-state index is 13.9. The Morgan fingerprint density at radius 3 is 2.33 bits per heavy atom. The lowest BCUT2D eigenvalue weighted by Gasteiger charge is -2.24. The quantitative estimate of drug-likeness (QED) is 0.0487. The summed E-state index contributed by atoms with van der Waals surface area (Å²) in [7, 11) is 3.44. The standard InChI is InChI=1S/C45H58F2N12O8/c1-44(2,3)67-43(66)53-22-21-51-40(64)34(23-28-11-7-6-8-12-28)57-41(65)33(15-10-19-52-42(49)58(4)5)56-36(61)17-16-35(60)55-32-14-9-13-30-31(18-20-50-38(30)32)39(63)54-26-37(62)59-27-45(46,47)24-29(59)25-48/h6-9,11-14,18,20,29,33-34H,10,15-17,19,21-24,26-27H2,1-5H3,(H2,49,52)(H,51,64)(H,53,66)(H,54,63)(H,55,60)(H,56,61)(H,57,65)/t29-,33-,34-/m0/s1. The van der Waals surface area contributed by atoms with Crippen LogP contribution in [-0.2, 0) is 35.1 Å². The number of carbonyl (C=O) groups is 7. The molecule has 22 heteroatoms. The maximum absolute atomic E-state index is 13.9. The molecule has 7 amide bonds. The van der Waals surface area contributed by atoms with Crippen LogP contribution >= 0.6 is 0 Å². The van der Waals surface area contributed by atoms with Gasteiger partial charge in [0.05, 0.1) is 35.9 Å². The third-order valence-electron chi connectivity index (χ3n) is 10.1. The van der Waals surface area contributed by atoms with E-state index in [0.717, 1.165) is 10.5 Å². The van der Waals surface area contributed by atoms with Crippen molar-refractivity contribution in [3.05, 3.63) is 71.9 Å². The van der Waals surface area contributed by atoms with Crippen molar-refractivity contribution in [1.29, 1.82) is 5.26 Å². The zero-order valence-corrected chi connectivity index (χ0v) is 38.1. The number of aliphatic imine (C=N–C) groups is 1. The Labute approximate surface area is 386 Å². The van der Waals surface area contributed by atoms with Crippen molar-refractivity contribution in [3.8, 4) is 6.07 Å². The molecule has 1 saturated heterocycles. The lowest BCUT2D eigenvalue weighted by atomic mass is 10.0. The van der Waals surface area contributed by atoms with Crippen LogP contribution in [0.1, 0.15) is 68.8 Å². The second-order valence-electron chi connectivity index (χ2n) is 16.9. The van der Waals surface area contributed by atoms with Crippen LogP contribution in [0.3, 0.4) is 0 Å². The third-order valence-corrected chi connectivity index (χ3v) is 10.1. The van der Waals surface area contributed by atoms with Crippen LogP contribution in [0.25, 0.3) is 10.9 Å². The molecule has 3 aromatic rings. The number of amides is 7. The number of hydrogen-bond donors (Lipinski definition) is 7. The number of nitriles is 1. The van der Waals surface area contributed by atoms with Gasteiger partial charge in [-0.25, -0.2) is 13.6 Å². The largest absolute Gasteiger partial charge is 0.444 e. The Morgan fingerprint density at radius 1 is 0.940 bits per heavy atom. The van der Waals surface area contributed by atoms with Gasteiger partial charge in [-0.05, 0) is 51.3 Å². The summed E-state index contributed by atoms with van der Waals surface area (Å²) < 4.78 is 33.0. The summed E-state index contributed by atoms with van der Waals surface area (Å²) in [4.78, 5) is 103. The van der Waals surface area contributed by atoms with E-state index in [0.29, 0.717) is 6.42 Å². The first-order chi connectivity index (χ1) is 31.7. The van der Waals surface area contributed by atoms with Gasteiger partial charge in [-0.1, -0.05) is 42.5 Å². The summed E-state index contributed by atoms with van der Waals surface area (Å²) in [5, 5.41) is 25.3. The van der Waals surface area contributed by atoms with Crippen LogP contribution in [0, 0.1) is 11.3 Å². The summed E-state index contributed by atoms with van der Waals surface area (Å²) in [5.74, 6) is -7.00. The topological polar surface area (TPSA) is 282 Å². The first-order valence-electron chi connectivity index (χ1n) is 21.5. The monoisotopic (exact) mass is 932 g/mol. The third kappa shape index (κ3) is 16.8. The highest BCUT2D eigenvalue weighted by Gasteiger charge is 2.47. The number of para-hydroxylation sites is 1. The van der Waals surface area contributed by atoms with Crippen LogP contribution in [0.5, 0.6) is 0 Å². The van der Waals surface area contributed by atoms with E-state index in [-0.39, 0.29) is 73.4 Å². The maximum Gasteiger partial charge on any atom is 0.407 e. The van der Waals surface area contributed by atoms with Gasteiger partial charge in [0.1, 0.15) is 23.7 Å². The predicted octanol–water partition coefficient (Wildman–Crippen LogP) is 1.95. The summed E-state index contributed by atoms with van der Waals surface area (Å²) in [6.45, 7) is 3.87. The molecule has 360 valence electrons. The predicted molar refractivity (Wildman–Crippen MR) is 243 cm³/mol. The number of rotatable bonds is 20. The number of alkyl carbamates (subject to hydrolysis) is 1. The average Bonchev–Trinajstić information content (AvgIpc) is 3.60. The van der Waals surface area contributed by atoms with Crippen molar-refractivity contribution in [2.24, 2.45) is 10.7 Å². The molecule has 1 aliphatic heterocycles. The molecule has 0 bridgehead atoms. The Hall–Kier alpha value is -7.44. The van der Waals surface area contributed by atoms with Crippen molar-refractivity contribution in [2.75, 3.05) is 52.1 Å². The van der Waals surface area contributed by atoms with Gasteiger partial charge in [-0.3, -0.25) is 38.7 Å². The molecule has 0 saturated carbocycles. The number of guanidine groups is 1. The van der Waals surface area contributed by atoms with Gasteiger partial charge >= 0.3 is 6.09 Å². The first kappa shape index (κ1) is 52.2. The molecule has 2 aromatic carbocycles. The first-order valence-corrected chi connectivity index (χ1v) is 21.5. The van der Waals surface area contributed by atoms with Gasteiger partial charge in [-0.2, -0.15) is 5.26 Å². The van der Waals surface area contributed by atoms with Gasteiger partial charge in [0.2, 0.25) is 29.5 Å². The number of likely N-dealkylation sites (tertiary alicyclic amines) is 1. The van der Waals surface area contributed by atoms with Crippen LogP contribution < -0.4 is 37.6 Å². The molecule has 0 aliphatic carbocycles. The number of ether oxygens (including phenoxy) is 1. The summed E-state index contributed by atoms with van der Waals surface area (Å²) in [6, 6.07) is 13.1. The fourth-order valence-corrected chi connectivity index (χ4v) is 6.75. The van der Waals surface area contributed by atoms with E-state index in [2.05, 4.69) is 41.9 Å². The Bertz CT molecular complexity index is 2340. The summed E-state index contributed by atoms with van der Waals surface area (Å²) in [5.41, 5.74) is 6.41. The molecule has 4 rings (SSSR count). The molecule has 67 heavy (non-hydrogen) atoms.